The number of amides is 4. The summed E-state index contributed by atoms with van der Waals surface area (Å²) in [6, 6.07) is 20.5. The maximum atomic E-state index is 13.0. The number of para-hydroxylation sites is 2. The molecule has 9 nitrogen and oxygen atoms in total. The Kier molecular flexibility index (Phi) is 7.86. The molecule has 37 heavy (non-hydrogen) atoms. The Morgan fingerprint density at radius 3 is 2.65 bits per heavy atom. The second-order valence-corrected chi connectivity index (χ2v) is 8.78. The van der Waals surface area contributed by atoms with Crippen LogP contribution in [0.15, 0.2) is 76.9 Å². The van der Waals surface area contributed by atoms with Crippen LogP contribution in [0.25, 0.3) is 6.08 Å². The monoisotopic (exact) mass is 560 g/mol. The fourth-order valence-electron chi connectivity index (χ4n) is 3.63. The van der Waals surface area contributed by atoms with Gasteiger partial charge in [0, 0.05) is 15.6 Å². The summed E-state index contributed by atoms with van der Waals surface area (Å²) < 4.78 is 11.9. The number of ether oxygens (including phenoxy) is 2. The molecule has 0 unspecified atom stereocenters. The van der Waals surface area contributed by atoms with Crippen LogP contribution in [-0.2, 0) is 16.2 Å². The highest BCUT2D eigenvalue weighted by atomic mass is 79.9. The summed E-state index contributed by atoms with van der Waals surface area (Å²) in [5, 5.41) is 14.5. The van der Waals surface area contributed by atoms with Crippen molar-refractivity contribution in [3.05, 3.63) is 93.6 Å². The number of halogens is 1. The summed E-state index contributed by atoms with van der Waals surface area (Å²) in [5.74, 6) is -0.316. The smallest absolute Gasteiger partial charge is 0.329 e. The van der Waals surface area contributed by atoms with Gasteiger partial charge in [-0.3, -0.25) is 9.59 Å². The number of rotatable bonds is 8. The minimum Gasteiger partial charge on any atom is -0.495 e. The van der Waals surface area contributed by atoms with Gasteiger partial charge in [-0.1, -0.05) is 46.3 Å². The van der Waals surface area contributed by atoms with Crippen LogP contribution in [0, 0.1) is 11.3 Å². The lowest BCUT2D eigenvalue weighted by molar-refractivity contribution is -0.127. The summed E-state index contributed by atoms with van der Waals surface area (Å²) in [6.07, 6.45) is 1.48. The van der Waals surface area contributed by atoms with Crippen LogP contribution in [-0.4, -0.2) is 36.4 Å². The number of anilines is 1. The molecule has 0 aromatic heterocycles. The van der Waals surface area contributed by atoms with Gasteiger partial charge in [0.25, 0.3) is 5.91 Å². The quantitative estimate of drug-likeness (QED) is 0.310. The highest BCUT2D eigenvalue weighted by molar-refractivity contribution is 9.10. The van der Waals surface area contributed by atoms with Crippen molar-refractivity contribution >= 4 is 45.5 Å². The number of carbonyl (C=O) groups is 3. The van der Waals surface area contributed by atoms with Gasteiger partial charge in [0.05, 0.1) is 24.4 Å². The molecule has 0 spiro atoms. The molecule has 0 aliphatic carbocycles. The number of hydrogen-bond donors (Lipinski definition) is 2. The van der Waals surface area contributed by atoms with Gasteiger partial charge < -0.3 is 20.1 Å². The maximum absolute atomic E-state index is 13.0. The molecule has 0 bridgehead atoms. The first-order chi connectivity index (χ1) is 17.9. The molecule has 0 atom stereocenters. The van der Waals surface area contributed by atoms with Gasteiger partial charge in [-0.2, -0.15) is 5.26 Å². The number of carbonyl (C=O) groups excluding carboxylic acids is 3. The number of urea groups is 1. The number of nitriles is 1. The molecule has 2 N–H and O–H groups in total. The summed E-state index contributed by atoms with van der Waals surface area (Å²) in [6.45, 7) is -0.343. The second-order valence-electron chi connectivity index (χ2n) is 7.87. The highest BCUT2D eigenvalue weighted by Gasteiger charge is 2.35. The number of hydrogen-bond acceptors (Lipinski definition) is 6. The van der Waals surface area contributed by atoms with Gasteiger partial charge in [-0.15, -0.1) is 0 Å². The Bertz CT molecular complexity index is 1450. The van der Waals surface area contributed by atoms with Crippen molar-refractivity contribution in [2.24, 2.45) is 0 Å². The summed E-state index contributed by atoms with van der Waals surface area (Å²) in [7, 11) is 1.47. The molecular weight excluding hydrogens is 540 g/mol. The molecular formula is C27H21BrN4O5. The Balaban J connectivity index is 1.50. The highest BCUT2D eigenvalue weighted by Crippen LogP contribution is 2.28. The zero-order chi connectivity index (χ0) is 26.4. The van der Waals surface area contributed by atoms with E-state index >= 15 is 0 Å². The predicted octanol–water partition coefficient (Wildman–Crippen LogP) is 4.44. The van der Waals surface area contributed by atoms with E-state index in [0.717, 1.165) is 9.37 Å². The van der Waals surface area contributed by atoms with Crippen LogP contribution in [0.5, 0.6) is 11.5 Å². The Morgan fingerprint density at radius 1 is 1.11 bits per heavy atom. The van der Waals surface area contributed by atoms with Crippen molar-refractivity contribution < 1.29 is 23.9 Å². The molecule has 3 aromatic rings. The fraction of sp³-hybridized carbons (Fsp3) is 0.111. The van der Waals surface area contributed by atoms with Crippen LogP contribution in [0.3, 0.4) is 0 Å². The van der Waals surface area contributed by atoms with Crippen molar-refractivity contribution in [2.75, 3.05) is 19.0 Å². The van der Waals surface area contributed by atoms with E-state index in [1.54, 1.807) is 60.7 Å². The predicted molar refractivity (Wildman–Crippen MR) is 139 cm³/mol. The van der Waals surface area contributed by atoms with E-state index in [1.807, 2.05) is 6.07 Å². The van der Waals surface area contributed by atoms with Crippen molar-refractivity contribution in [1.29, 1.82) is 5.26 Å². The molecule has 186 valence electrons. The lowest BCUT2D eigenvalue weighted by Crippen LogP contribution is -2.38. The zero-order valence-corrected chi connectivity index (χ0v) is 21.2. The molecule has 4 amide bonds. The average Bonchev–Trinajstić information content (AvgIpc) is 3.15. The van der Waals surface area contributed by atoms with E-state index in [2.05, 4.69) is 32.6 Å². The largest absolute Gasteiger partial charge is 0.495 e. The summed E-state index contributed by atoms with van der Waals surface area (Å²) >= 11 is 3.41. The fourth-order valence-corrected chi connectivity index (χ4v) is 4.01. The zero-order valence-electron chi connectivity index (χ0n) is 19.7. The average molecular weight is 561 g/mol. The van der Waals surface area contributed by atoms with Gasteiger partial charge in [0.2, 0.25) is 5.91 Å². The first-order valence-electron chi connectivity index (χ1n) is 11.1. The Labute approximate surface area is 221 Å². The van der Waals surface area contributed by atoms with Crippen LogP contribution in [0.4, 0.5) is 10.5 Å². The van der Waals surface area contributed by atoms with Gasteiger partial charge in [-0.05, 0) is 42.5 Å². The van der Waals surface area contributed by atoms with Crippen molar-refractivity contribution in [3.63, 3.8) is 0 Å². The molecule has 3 aromatic carbocycles. The molecule has 1 saturated heterocycles. The third-order valence-electron chi connectivity index (χ3n) is 5.44. The number of nitrogens with one attached hydrogen (secondary N) is 2. The SMILES string of the molecule is COc1ccccc1NC(=O)CN1C(=O)N/C(=C/c2cc(Br)ccc2OCc2ccccc2C#N)C1=O. The third kappa shape index (κ3) is 5.97. The number of benzene rings is 3. The lowest BCUT2D eigenvalue weighted by atomic mass is 10.1. The lowest BCUT2D eigenvalue weighted by Gasteiger charge is -2.13. The van der Waals surface area contributed by atoms with Crippen LogP contribution >= 0.6 is 15.9 Å². The van der Waals surface area contributed by atoms with Gasteiger partial charge in [-0.25, -0.2) is 9.69 Å². The molecule has 0 radical (unpaired) electrons. The summed E-state index contributed by atoms with van der Waals surface area (Å²) in [5.41, 5.74) is 2.15. The molecule has 0 saturated carbocycles. The van der Waals surface area contributed by atoms with Crippen molar-refractivity contribution in [2.45, 2.75) is 6.61 Å². The van der Waals surface area contributed by atoms with Crippen molar-refractivity contribution in [1.82, 2.24) is 10.2 Å². The van der Waals surface area contributed by atoms with E-state index in [4.69, 9.17) is 9.47 Å². The van der Waals surface area contributed by atoms with E-state index in [1.165, 1.54) is 13.2 Å². The van der Waals surface area contributed by atoms with E-state index in [0.29, 0.717) is 33.9 Å². The van der Waals surface area contributed by atoms with Crippen LogP contribution in [0.1, 0.15) is 16.7 Å². The van der Waals surface area contributed by atoms with Crippen LogP contribution in [0.2, 0.25) is 0 Å². The Morgan fingerprint density at radius 2 is 1.86 bits per heavy atom. The van der Waals surface area contributed by atoms with E-state index in [9.17, 15) is 19.6 Å². The molecule has 1 heterocycles. The topological polar surface area (TPSA) is 121 Å². The summed E-state index contributed by atoms with van der Waals surface area (Å²) in [4.78, 5) is 38.9. The van der Waals surface area contributed by atoms with Gasteiger partial charge in [0.15, 0.2) is 0 Å². The first kappa shape index (κ1) is 25.5. The van der Waals surface area contributed by atoms with Gasteiger partial charge >= 0.3 is 6.03 Å². The molecule has 1 fully saturated rings. The minimum absolute atomic E-state index is 0.00420. The minimum atomic E-state index is -0.716. The number of imide groups is 1. The molecule has 1 aliphatic rings. The molecule has 4 rings (SSSR count). The normalized spacial score (nSPS) is 13.8. The first-order valence-corrected chi connectivity index (χ1v) is 11.9. The maximum Gasteiger partial charge on any atom is 0.329 e. The third-order valence-corrected chi connectivity index (χ3v) is 5.93. The molecule has 1 aliphatic heterocycles. The Hall–Kier alpha value is -4.62. The van der Waals surface area contributed by atoms with Crippen LogP contribution < -0.4 is 20.1 Å². The number of methoxy groups -OCH3 is 1. The van der Waals surface area contributed by atoms with E-state index in [-0.39, 0.29) is 12.3 Å². The van der Waals surface area contributed by atoms with Gasteiger partial charge in [0.1, 0.15) is 30.3 Å². The van der Waals surface area contributed by atoms with Crippen molar-refractivity contribution in [3.8, 4) is 17.6 Å². The number of nitrogens with zero attached hydrogens (tertiary/aromatic N) is 2. The second kappa shape index (κ2) is 11.4. The standard InChI is InChI=1S/C27H21BrN4O5/c1-36-24-9-5-4-8-21(24)30-25(33)15-32-26(34)22(31-27(32)35)13-19-12-20(28)10-11-23(19)37-16-18-7-3-2-6-17(18)14-29/h2-13H,15-16H2,1H3,(H,30,33)(H,31,35)/b22-13+. The molecule has 10 heteroatoms. The van der Waals surface area contributed by atoms with E-state index < -0.39 is 24.4 Å².